The fraction of sp³-hybridized carbons (Fsp3) is 0.741. The Morgan fingerprint density at radius 2 is 1.72 bits per heavy atom. The first-order valence-corrected chi connectivity index (χ1v) is 24.2. The van der Waals surface area contributed by atoms with E-state index in [1.807, 2.05) is 45.1 Å². The van der Waals surface area contributed by atoms with Crippen molar-refractivity contribution in [3.63, 3.8) is 0 Å². The van der Waals surface area contributed by atoms with Crippen molar-refractivity contribution in [1.82, 2.24) is 4.90 Å². The molecule has 0 unspecified atom stereocenters. The molecule has 0 aromatic rings. The van der Waals surface area contributed by atoms with Crippen LogP contribution in [0.4, 0.5) is 0 Å². The van der Waals surface area contributed by atoms with Crippen LogP contribution in [0.25, 0.3) is 0 Å². The van der Waals surface area contributed by atoms with Crippen LogP contribution < -0.4 is 0 Å². The van der Waals surface area contributed by atoms with E-state index >= 15 is 0 Å². The monoisotopic (exact) mass is 965 g/mol. The molecule has 3 fully saturated rings. The van der Waals surface area contributed by atoms with Gasteiger partial charge in [-0.1, -0.05) is 77.6 Å². The first kappa shape index (κ1) is 44.6. The summed E-state index contributed by atoms with van der Waals surface area (Å²) >= 11 is 0. The van der Waals surface area contributed by atoms with E-state index in [1.54, 1.807) is 13.0 Å². The molecule has 384 valence electrons. The van der Waals surface area contributed by atoms with Gasteiger partial charge in [-0.2, -0.15) is 0 Å². The summed E-state index contributed by atoms with van der Waals surface area (Å²) in [5, 5.41) is 33.7. The van der Waals surface area contributed by atoms with Crippen molar-refractivity contribution in [1.29, 1.82) is 0 Å². The minimum absolute atomic E-state index is 0.00342. The van der Waals surface area contributed by atoms with Gasteiger partial charge in [0.1, 0.15) is 30.1 Å². The summed E-state index contributed by atoms with van der Waals surface area (Å²) < 4.78 is 109. The topological polar surface area (TPSA) is 188 Å². The number of cyclic esters (lactones) is 1. The highest BCUT2D eigenvalue weighted by Gasteiger charge is 2.53. The zero-order valence-corrected chi connectivity index (χ0v) is 41.6. The number of nitrogens with zero attached hydrogens (tertiary/aromatic N) is 1. The van der Waals surface area contributed by atoms with Gasteiger partial charge in [-0.25, -0.2) is 4.79 Å². The number of hydrogen-bond donors (Lipinski definition) is 3. The molecule has 3 N–H and O–H groups in total. The van der Waals surface area contributed by atoms with E-state index in [0.717, 1.165) is 10.5 Å². The van der Waals surface area contributed by atoms with Gasteiger partial charge in [0.25, 0.3) is 11.7 Å². The number of carbonyl (C=O) groups excluding carboxylic acids is 4. The molecule has 1 amide bonds. The molecule has 68 heavy (non-hydrogen) atoms. The molecule has 0 aromatic heterocycles. The Balaban J connectivity index is 1.80. The number of carbonyl (C=O) groups is 4. The molecule has 14 nitrogen and oxygen atoms in total. The van der Waals surface area contributed by atoms with Crippen LogP contribution in [0.1, 0.15) is 138 Å². The van der Waals surface area contributed by atoms with Crippen molar-refractivity contribution in [3.05, 3.63) is 59.8 Å². The number of Topliss-reactive ketones (excluding diaryl/α,β-unsaturated/α-hetero) is 2. The highest BCUT2D eigenvalue weighted by atomic mass is 16.6. The lowest BCUT2D eigenvalue weighted by Gasteiger charge is -2.42. The largest absolute Gasteiger partial charge is 0.460 e. The zero-order valence-electron chi connectivity index (χ0n) is 50.6. The molecule has 15 atom stereocenters. The van der Waals surface area contributed by atoms with Gasteiger partial charge in [0.15, 0.2) is 0 Å². The van der Waals surface area contributed by atoms with Gasteiger partial charge < -0.3 is 48.6 Å². The molecule has 1 saturated carbocycles. The summed E-state index contributed by atoms with van der Waals surface area (Å²) in [6, 6.07) is -1.43. The molecule has 0 aromatic carbocycles. The third-order valence-electron chi connectivity index (χ3n) is 14.3. The highest BCUT2D eigenvalue weighted by molar-refractivity contribution is 6.39. The maximum absolute atomic E-state index is 14.7. The summed E-state index contributed by atoms with van der Waals surface area (Å²) in [7, 11) is 4.23. The molecule has 4 aliphatic rings. The van der Waals surface area contributed by atoms with Gasteiger partial charge in [-0.05, 0) is 118 Å². The Morgan fingerprint density at radius 1 is 0.971 bits per heavy atom. The molecule has 3 aliphatic heterocycles. The normalized spacial score (nSPS) is 42.5. The van der Waals surface area contributed by atoms with Crippen LogP contribution >= 0.6 is 0 Å². The van der Waals surface area contributed by atoms with Crippen LogP contribution in [0.3, 0.4) is 0 Å². The number of esters is 1. The summed E-state index contributed by atoms with van der Waals surface area (Å²) in [5.74, 6) is -12.1. The van der Waals surface area contributed by atoms with Gasteiger partial charge in [0.2, 0.25) is 5.79 Å². The molecule has 0 radical (unpaired) electrons. The molecule has 2 saturated heterocycles. The second-order valence-electron chi connectivity index (χ2n) is 19.4. The Kier molecular flexibility index (Phi) is 17.9. The SMILES string of the molecule is [2H]C([2H])([2H])[C@@H]1/C=C(\C)[C@@H](O)[C@@H](OC)C(=C)[C@H](C)C[C@H](C)/C=C/C=C/C=C(\C)[C@@H](OC)C[C@@H]2CC([2H])([2H])[C@@H](C)[C@@](O)(O2)C(=O)C(=O)N2CCCC[C@H]2C(=O)O[C@H]([C@H](C)C[C@@H]2CC[C@@H](OC([2H])([2H])C([2H])([2H])O)[C@H](OC)C2)CC1=O. The molecule has 2 bridgehead atoms. The molecule has 3 heterocycles. The maximum atomic E-state index is 14.7. The number of aliphatic hydroxyl groups excluding tert-OH is 1. The number of ketones is 2. The number of piperidine rings is 1. The standard InChI is InChI=1S/C54H85NO13/c1-33-17-13-12-14-18-34(2)46(63-9)31-42-22-20-39(7)54(62,68-42)51(59)52(60)55-24-16-15-19-43(55)53(61)67-47(37(5)29-41-21-23-45(66-26-25-56)48(30-41)64-10)32-44(57)36(4)28-38(6)49(58)50(65-11)40(8)35(3)27-33/h12-14,17-18,28,33,35-37,39,41-43,45-50,56,58,62H,8,15-16,19-27,29-32H2,1-7,9-11H3/b14-12+,17-13+,34-18+,38-28+/t33-,35-,36-,37-,39-,41+,42+,43+,45-,46+,47+,48-,49-,50+,54-/m1/s1/i4D3,20D2,25D2,26D2. The van der Waals surface area contributed by atoms with Crippen molar-refractivity contribution in [2.24, 2.45) is 35.5 Å². The number of rotatable bonds is 9. The predicted octanol–water partition coefficient (Wildman–Crippen LogP) is 7.18. The Hall–Kier alpha value is -3.34. The molecular weight excluding hydrogens is 871 g/mol. The van der Waals surface area contributed by atoms with Crippen molar-refractivity contribution in [2.75, 3.05) is 41.0 Å². The van der Waals surface area contributed by atoms with Crippen molar-refractivity contribution >= 4 is 23.4 Å². The summed E-state index contributed by atoms with van der Waals surface area (Å²) in [6.45, 7) is 4.95. The van der Waals surface area contributed by atoms with Gasteiger partial charge >= 0.3 is 5.97 Å². The first-order chi connectivity index (χ1) is 35.6. The zero-order chi connectivity index (χ0) is 58.2. The lowest BCUT2D eigenvalue weighted by atomic mass is 9.78. The second-order valence-corrected chi connectivity index (χ2v) is 19.4. The maximum Gasteiger partial charge on any atom is 0.329 e. The van der Waals surface area contributed by atoms with Crippen molar-refractivity contribution in [2.45, 2.75) is 180 Å². The van der Waals surface area contributed by atoms with E-state index in [9.17, 15) is 34.5 Å². The van der Waals surface area contributed by atoms with Crippen molar-refractivity contribution < 1.29 is 75.3 Å². The number of ether oxygens (including phenoxy) is 6. The van der Waals surface area contributed by atoms with E-state index in [0.29, 0.717) is 31.3 Å². The predicted molar refractivity (Wildman–Crippen MR) is 260 cm³/mol. The highest BCUT2D eigenvalue weighted by Crippen LogP contribution is 2.38. The number of fused-ring (bicyclic) bond motifs is 3. The third kappa shape index (κ3) is 15.3. The Morgan fingerprint density at radius 3 is 2.40 bits per heavy atom. The minimum Gasteiger partial charge on any atom is -0.460 e. The van der Waals surface area contributed by atoms with E-state index in [-0.39, 0.29) is 68.4 Å². The average Bonchev–Trinajstić information content (AvgIpc) is 3.34. The number of allylic oxidation sites excluding steroid dienone is 6. The van der Waals surface area contributed by atoms with Gasteiger partial charge in [-0.15, -0.1) is 0 Å². The molecule has 4 rings (SSSR count). The summed E-state index contributed by atoms with van der Waals surface area (Å²) in [4.78, 5) is 59.2. The Bertz CT molecular complexity index is 2180. The lowest BCUT2D eigenvalue weighted by Crippen LogP contribution is -2.61. The summed E-state index contributed by atoms with van der Waals surface area (Å²) in [6.07, 6.45) is 2.43. The smallest absolute Gasteiger partial charge is 0.329 e. The number of aliphatic hydroxyl groups is 3. The number of methoxy groups -OCH3 is 3. The average molecular weight is 965 g/mol. The van der Waals surface area contributed by atoms with Crippen LogP contribution in [0.15, 0.2) is 59.8 Å². The third-order valence-corrected chi connectivity index (χ3v) is 14.3. The summed E-state index contributed by atoms with van der Waals surface area (Å²) in [5.41, 5.74) is 1.38. The van der Waals surface area contributed by atoms with Crippen molar-refractivity contribution in [3.8, 4) is 0 Å². The molecule has 1 aliphatic carbocycles. The van der Waals surface area contributed by atoms with Gasteiger partial charge in [0, 0.05) is 59.4 Å². The van der Waals surface area contributed by atoms with Crippen LogP contribution in [0.5, 0.6) is 0 Å². The quantitative estimate of drug-likeness (QED) is 0.120. The minimum atomic E-state index is -3.33. The van der Waals surface area contributed by atoms with Crippen LogP contribution in [0, 0.1) is 35.5 Å². The fourth-order valence-electron chi connectivity index (χ4n) is 9.99. The Labute approximate surface area is 419 Å². The van der Waals surface area contributed by atoms with Crippen LogP contribution in [0.2, 0.25) is 0 Å². The number of hydrogen-bond acceptors (Lipinski definition) is 13. The van der Waals surface area contributed by atoms with E-state index in [4.69, 9.17) is 40.8 Å². The van der Waals surface area contributed by atoms with E-state index in [1.165, 1.54) is 41.3 Å². The van der Waals surface area contributed by atoms with E-state index < -0.39 is 129 Å². The molecule has 0 spiro atoms. The fourth-order valence-corrected chi connectivity index (χ4v) is 9.99. The van der Waals surface area contributed by atoms with Crippen LogP contribution in [-0.4, -0.2) is 139 Å². The second kappa shape index (κ2) is 27.3. The molecule has 14 heteroatoms. The first-order valence-electron chi connectivity index (χ1n) is 28.7. The molecular formula is C54H85NO13. The van der Waals surface area contributed by atoms with Crippen LogP contribution in [-0.2, 0) is 47.6 Å². The van der Waals surface area contributed by atoms with Gasteiger partial charge in [0.05, 0.1) is 43.0 Å². The lowest BCUT2D eigenvalue weighted by molar-refractivity contribution is -0.265. The van der Waals surface area contributed by atoms with E-state index in [2.05, 4.69) is 6.58 Å². The number of amides is 1. The van der Waals surface area contributed by atoms with Gasteiger partial charge in [-0.3, -0.25) is 14.4 Å².